The molecule has 2 amide bonds. The fourth-order valence-electron chi connectivity index (χ4n) is 1.65. The van der Waals surface area contributed by atoms with E-state index in [0.29, 0.717) is 17.3 Å². The second-order valence-electron chi connectivity index (χ2n) is 4.46. The van der Waals surface area contributed by atoms with E-state index in [1.807, 2.05) is 19.1 Å². The van der Waals surface area contributed by atoms with Crippen LogP contribution in [0.25, 0.3) is 0 Å². The van der Waals surface area contributed by atoms with Gasteiger partial charge in [0.2, 0.25) is 0 Å². The van der Waals surface area contributed by atoms with Crippen molar-refractivity contribution in [2.75, 3.05) is 7.05 Å². The minimum Gasteiger partial charge on any atom is -0.476 e. The third-order valence-electron chi connectivity index (χ3n) is 2.70. The molecule has 21 heavy (non-hydrogen) atoms. The second-order valence-corrected chi connectivity index (χ2v) is 5.40. The molecular weight excluding hydrogens is 294 g/mol. The number of carboxylic acids is 1. The summed E-state index contributed by atoms with van der Waals surface area (Å²) < 4.78 is 5.40. The van der Waals surface area contributed by atoms with E-state index in [1.165, 1.54) is 21.6 Å². The monoisotopic (exact) mass is 309 g/mol. The molecule has 0 saturated heterocycles. The maximum atomic E-state index is 11.9. The number of hydrogen-bond donors (Lipinski definition) is 2. The minimum atomic E-state index is -1.07. The maximum absolute atomic E-state index is 11.9. The normalized spacial score (nSPS) is 10.4. The van der Waals surface area contributed by atoms with Crippen molar-refractivity contribution in [2.45, 2.75) is 20.0 Å². The van der Waals surface area contributed by atoms with Gasteiger partial charge >= 0.3 is 12.0 Å². The summed E-state index contributed by atoms with van der Waals surface area (Å²) >= 11 is 1.20. The van der Waals surface area contributed by atoms with Gasteiger partial charge in [-0.1, -0.05) is 0 Å². The number of aromatic nitrogens is 1. The molecule has 0 saturated carbocycles. The Bertz CT molecular complexity index is 649. The summed E-state index contributed by atoms with van der Waals surface area (Å²) in [4.78, 5) is 28.0. The second kappa shape index (κ2) is 6.40. The fraction of sp³-hybridized carbons (Fsp3) is 0.308. The van der Waals surface area contributed by atoms with Gasteiger partial charge < -0.3 is 19.7 Å². The molecule has 7 nitrogen and oxygen atoms in total. The van der Waals surface area contributed by atoms with Gasteiger partial charge in [0.05, 0.1) is 13.1 Å². The lowest BCUT2D eigenvalue weighted by Gasteiger charge is -2.16. The van der Waals surface area contributed by atoms with Crippen molar-refractivity contribution < 1.29 is 19.1 Å². The molecule has 0 aliphatic rings. The summed E-state index contributed by atoms with van der Waals surface area (Å²) in [6.07, 6.45) is 0. The molecule has 8 heteroatoms. The third kappa shape index (κ3) is 4.06. The van der Waals surface area contributed by atoms with Gasteiger partial charge in [-0.2, -0.15) is 0 Å². The molecule has 0 bridgehead atoms. The van der Waals surface area contributed by atoms with E-state index in [9.17, 15) is 9.59 Å². The van der Waals surface area contributed by atoms with Crippen molar-refractivity contribution in [2.24, 2.45) is 0 Å². The number of nitrogens with one attached hydrogen (secondary N) is 1. The summed E-state index contributed by atoms with van der Waals surface area (Å²) in [5.41, 5.74) is -0.0105. The molecule has 2 aromatic heterocycles. The number of carboxylic acid groups (broad SMARTS) is 1. The van der Waals surface area contributed by atoms with Crippen LogP contribution in [0.5, 0.6) is 0 Å². The van der Waals surface area contributed by atoms with E-state index in [4.69, 9.17) is 9.52 Å². The van der Waals surface area contributed by atoms with E-state index >= 15 is 0 Å². The molecule has 2 N–H and O–H groups in total. The van der Waals surface area contributed by atoms with E-state index in [1.54, 1.807) is 7.05 Å². The zero-order valence-electron chi connectivity index (χ0n) is 11.6. The van der Waals surface area contributed by atoms with Gasteiger partial charge in [0, 0.05) is 12.4 Å². The van der Waals surface area contributed by atoms with Crippen LogP contribution in [0.15, 0.2) is 21.9 Å². The van der Waals surface area contributed by atoms with Crippen molar-refractivity contribution in [3.8, 4) is 0 Å². The summed E-state index contributed by atoms with van der Waals surface area (Å²) in [6, 6.07) is 3.37. The van der Waals surface area contributed by atoms with E-state index in [-0.39, 0.29) is 18.3 Å². The SMILES string of the molecule is Cc1ccc(CN(C)C(=O)NCc2nc(C(=O)O)cs2)o1. The highest BCUT2D eigenvalue weighted by molar-refractivity contribution is 7.09. The van der Waals surface area contributed by atoms with Crippen molar-refractivity contribution in [1.82, 2.24) is 15.2 Å². The largest absolute Gasteiger partial charge is 0.476 e. The Hall–Kier alpha value is -2.35. The molecule has 0 atom stereocenters. The van der Waals surface area contributed by atoms with Crippen LogP contribution in [0, 0.1) is 6.92 Å². The highest BCUT2D eigenvalue weighted by Crippen LogP contribution is 2.11. The number of carbonyl (C=O) groups is 2. The lowest BCUT2D eigenvalue weighted by molar-refractivity contribution is 0.0691. The van der Waals surface area contributed by atoms with E-state index in [0.717, 1.165) is 5.76 Å². The first-order valence-corrected chi connectivity index (χ1v) is 7.05. The average Bonchev–Trinajstić information content (AvgIpc) is 3.05. The van der Waals surface area contributed by atoms with Gasteiger partial charge in [-0.15, -0.1) is 11.3 Å². The molecule has 2 aromatic rings. The van der Waals surface area contributed by atoms with Gasteiger partial charge in [0.15, 0.2) is 5.69 Å². The van der Waals surface area contributed by atoms with Crippen molar-refractivity contribution in [3.05, 3.63) is 39.7 Å². The number of aromatic carboxylic acids is 1. The number of aryl methyl sites for hydroxylation is 1. The van der Waals surface area contributed by atoms with Gasteiger partial charge in [0.1, 0.15) is 16.5 Å². The number of furan rings is 1. The van der Waals surface area contributed by atoms with Gasteiger partial charge in [-0.25, -0.2) is 14.6 Å². The van der Waals surface area contributed by atoms with Crippen LogP contribution < -0.4 is 5.32 Å². The van der Waals surface area contributed by atoms with E-state index < -0.39 is 5.97 Å². The zero-order valence-corrected chi connectivity index (χ0v) is 12.4. The number of nitrogens with zero attached hydrogens (tertiary/aromatic N) is 2. The number of rotatable bonds is 5. The Morgan fingerprint density at radius 2 is 2.24 bits per heavy atom. The number of urea groups is 1. The summed E-state index contributed by atoms with van der Waals surface area (Å²) in [5, 5.41) is 13.4. The lowest BCUT2D eigenvalue weighted by atomic mass is 10.4. The van der Waals surface area contributed by atoms with Crippen LogP contribution in [0.4, 0.5) is 4.79 Å². The Labute approximate surface area is 125 Å². The molecular formula is C13H15N3O4S. The average molecular weight is 309 g/mol. The van der Waals surface area contributed by atoms with Crippen LogP contribution in [0.3, 0.4) is 0 Å². The van der Waals surface area contributed by atoms with Gasteiger partial charge in [-0.3, -0.25) is 0 Å². The van der Waals surface area contributed by atoms with Crippen LogP contribution in [0.1, 0.15) is 27.0 Å². The lowest BCUT2D eigenvalue weighted by Crippen LogP contribution is -2.36. The molecule has 112 valence electrons. The van der Waals surface area contributed by atoms with Crippen LogP contribution in [-0.2, 0) is 13.1 Å². The predicted octanol–water partition coefficient (Wildman–Crippen LogP) is 2.08. The highest BCUT2D eigenvalue weighted by Gasteiger charge is 2.13. The van der Waals surface area contributed by atoms with Crippen molar-refractivity contribution >= 4 is 23.3 Å². The number of thiazole rings is 1. The van der Waals surface area contributed by atoms with E-state index in [2.05, 4.69) is 10.3 Å². The molecule has 0 aromatic carbocycles. The predicted molar refractivity (Wildman–Crippen MR) is 76.2 cm³/mol. The fourth-order valence-corrected chi connectivity index (χ4v) is 2.36. The maximum Gasteiger partial charge on any atom is 0.355 e. The number of amides is 2. The molecule has 2 heterocycles. The highest BCUT2D eigenvalue weighted by atomic mass is 32.1. The number of carbonyl (C=O) groups excluding carboxylic acids is 1. The smallest absolute Gasteiger partial charge is 0.355 e. The number of hydrogen-bond acceptors (Lipinski definition) is 5. The summed E-state index contributed by atoms with van der Waals surface area (Å²) in [5.74, 6) is 0.421. The summed E-state index contributed by atoms with van der Waals surface area (Å²) in [7, 11) is 1.65. The Kier molecular flexibility index (Phi) is 4.59. The Balaban J connectivity index is 1.84. The van der Waals surface area contributed by atoms with Crippen molar-refractivity contribution in [3.63, 3.8) is 0 Å². The first-order chi connectivity index (χ1) is 9.95. The molecule has 0 spiro atoms. The van der Waals surface area contributed by atoms with Crippen LogP contribution in [-0.4, -0.2) is 34.0 Å². The molecule has 0 radical (unpaired) electrons. The van der Waals surface area contributed by atoms with Crippen molar-refractivity contribution in [1.29, 1.82) is 0 Å². The minimum absolute atomic E-state index is 0.0105. The quantitative estimate of drug-likeness (QED) is 0.881. The van der Waals surface area contributed by atoms with Gasteiger partial charge in [0.25, 0.3) is 0 Å². The molecule has 0 fully saturated rings. The topological polar surface area (TPSA) is 95.7 Å². The standard InChI is InChI=1S/C13H15N3O4S/c1-8-3-4-9(20-8)6-16(2)13(19)14-5-11-15-10(7-21-11)12(17)18/h3-4,7H,5-6H2,1-2H3,(H,14,19)(H,17,18). The Morgan fingerprint density at radius 3 is 2.81 bits per heavy atom. The van der Waals surface area contributed by atoms with Crippen LogP contribution >= 0.6 is 11.3 Å². The zero-order chi connectivity index (χ0) is 15.4. The first-order valence-electron chi connectivity index (χ1n) is 6.17. The van der Waals surface area contributed by atoms with Crippen LogP contribution in [0.2, 0.25) is 0 Å². The molecule has 0 unspecified atom stereocenters. The first kappa shape index (κ1) is 15.0. The third-order valence-corrected chi connectivity index (χ3v) is 3.55. The Morgan fingerprint density at radius 1 is 1.48 bits per heavy atom. The molecule has 0 aliphatic carbocycles. The summed E-state index contributed by atoms with van der Waals surface area (Å²) in [6.45, 7) is 2.39. The molecule has 2 rings (SSSR count). The molecule has 0 aliphatic heterocycles. The van der Waals surface area contributed by atoms with Gasteiger partial charge in [-0.05, 0) is 19.1 Å².